The predicted molar refractivity (Wildman–Crippen MR) is 143 cm³/mol. The second-order valence-corrected chi connectivity index (χ2v) is 9.62. The van der Waals surface area contributed by atoms with E-state index >= 15 is 0 Å². The largest absolute Gasteiger partial charge is 0.380 e. The van der Waals surface area contributed by atoms with Crippen LogP contribution in [0.15, 0.2) is 78.1 Å². The van der Waals surface area contributed by atoms with Crippen molar-refractivity contribution >= 4 is 17.6 Å². The maximum atomic E-state index is 12.2. The summed E-state index contributed by atoms with van der Waals surface area (Å²) in [5.41, 5.74) is 10.1. The summed E-state index contributed by atoms with van der Waals surface area (Å²) in [6.07, 6.45) is 5.32. The molecule has 0 saturated carbocycles. The molecule has 1 atom stereocenters. The van der Waals surface area contributed by atoms with Crippen LogP contribution in [0.2, 0.25) is 0 Å². The Morgan fingerprint density at radius 2 is 1.75 bits per heavy atom. The summed E-state index contributed by atoms with van der Waals surface area (Å²) in [4.78, 5) is 26.1. The number of nitrogens with two attached hydrogens (primary N) is 1. The number of hydrogen-bond donors (Lipinski definition) is 5. The molecule has 0 aromatic heterocycles. The highest BCUT2D eigenvalue weighted by molar-refractivity contribution is 5.96. The van der Waals surface area contributed by atoms with Gasteiger partial charge >= 0.3 is 6.03 Å². The molecule has 0 spiro atoms. The highest BCUT2D eigenvalue weighted by Crippen LogP contribution is 2.29. The number of carbonyl (C=O) groups excluding carboxylic acids is 2. The van der Waals surface area contributed by atoms with E-state index in [1.165, 1.54) is 5.56 Å². The Morgan fingerprint density at radius 3 is 2.39 bits per heavy atom. The standard InChI is InChI=1S/C28H36N6O2/c1-19(2)32-28(36)34-14-12-22(13-15-34)21-8-10-23(11-9-21)33-26-16-25(24(18-31-26)27(29)35)30-17-20-6-4-3-5-7-20/h3-11,16,18-19,22,26,30-31,33H,12-15,17H2,1-2H3,(H2,29,35)(H,32,36). The first-order valence-corrected chi connectivity index (χ1v) is 12.6. The summed E-state index contributed by atoms with van der Waals surface area (Å²) in [5, 5.41) is 13.0. The molecule has 190 valence electrons. The Hall–Kier alpha value is -3.94. The number of amides is 3. The summed E-state index contributed by atoms with van der Waals surface area (Å²) in [5.74, 6) is -0.0328. The smallest absolute Gasteiger partial charge is 0.317 e. The van der Waals surface area contributed by atoms with Gasteiger partial charge in [0.1, 0.15) is 6.17 Å². The Bertz CT molecular complexity index is 1100. The normalized spacial score (nSPS) is 18.1. The number of primary amides is 1. The molecule has 1 saturated heterocycles. The van der Waals surface area contributed by atoms with Gasteiger partial charge in [0.15, 0.2) is 0 Å². The summed E-state index contributed by atoms with van der Waals surface area (Å²) in [7, 11) is 0. The Balaban J connectivity index is 1.34. The lowest BCUT2D eigenvalue weighted by atomic mass is 9.89. The molecule has 4 rings (SSSR count). The van der Waals surface area contributed by atoms with Gasteiger partial charge in [0.2, 0.25) is 0 Å². The minimum Gasteiger partial charge on any atom is -0.380 e. The van der Waals surface area contributed by atoms with Gasteiger partial charge in [-0.05, 0) is 61.9 Å². The van der Waals surface area contributed by atoms with Crippen molar-refractivity contribution in [2.24, 2.45) is 5.73 Å². The predicted octanol–water partition coefficient (Wildman–Crippen LogP) is 3.37. The molecule has 0 radical (unpaired) electrons. The lowest BCUT2D eigenvalue weighted by molar-refractivity contribution is -0.114. The van der Waals surface area contributed by atoms with E-state index in [0.717, 1.165) is 37.2 Å². The third-order valence-electron chi connectivity index (χ3n) is 6.52. The molecule has 2 aromatic rings. The van der Waals surface area contributed by atoms with E-state index < -0.39 is 5.91 Å². The lowest BCUT2D eigenvalue weighted by Gasteiger charge is -2.33. The van der Waals surface area contributed by atoms with Crippen molar-refractivity contribution < 1.29 is 9.59 Å². The minimum atomic E-state index is -0.482. The molecule has 8 nitrogen and oxygen atoms in total. The average molecular weight is 489 g/mol. The van der Waals surface area contributed by atoms with E-state index in [1.807, 2.05) is 55.2 Å². The molecule has 1 unspecified atom stereocenters. The van der Waals surface area contributed by atoms with Crippen LogP contribution < -0.4 is 27.0 Å². The first-order chi connectivity index (χ1) is 17.4. The number of nitrogens with zero attached hydrogens (tertiary/aromatic N) is 1. The van der Waals surface area contributed by atoms with E-state index in [1.54, 1.807) is 6.20 Å². The number of likely N-dealkylation sites (tertiary alicyclic amines) is 1. The molecule has 2 aliphatic heterocycles. The molecule has 3 amide bonds. The van der Waals surface area contributed by atoms with Crippen LogP contribution in [-0.2, 0) is 11.3 Å². The molecular weight excluding hydrogens is 452 g/mol. The topological polar surface area (TPSA) is 112 Å². The molecule has 1 fully saturated rings. The van der Waals surface area contributed by atoms with Crippen LogP contribution in [0.25, 0.3) is 0 Å². The fourth-order valence-corrected chi connectivity index (χ4v) is 4.58. The van der Waals surface area contributed by atoms with Gasteiger partial charge in [-0.2, -0.15) is 0 Å². The Morgan fingerprint density at radius 1 is 1.06 bits per heavy atom. The van der Waals surface area contributed by atoms with Crippen LogP contribution in [0.5, 0.6) is 0 Å². The molecular formula is C28H36N6O2. The summed E-state index contributed by atoms with van der Waals surface area (Å²) < 4.78 is 0. The SMILES string of the molecule is CC(C)NC(=O)N1CCC(c2ccc(NC3C=C(NCc4ccccc4)C(C(N)=O)=CN3)cc2)CC1. The molecule has 2 heterocycles. The fraction of sp³-hybridized carbons (Fsp3) is 0.357. The van der Waals surface area contributed by atoms with Crippen molar-refractivity contribution in [3.63, 3.8) is 0 Å². The maximum Gasteiger partial charge on any atom is 0.317 e. The number of rotatable bonds is 8. The zero-order valence-electron chi connectivity index (χ0n) is 21.0. The number of benzene rings is 2. The average Bonchev–Trinajstić information content (AvgIpc) is 2.88. The number of dihydropyridines is 1. The highest BCUT2D eigenvalue weighted by Gasteiger charge is 2.24. The van der Waals surface area contributed by atoms with Crippen LogP contribution >= 0.6 is 0 Å². The zero-order valence-corrected chi connectivity index (χ0v) is 21.0. The second kappa shape index (κ2) is 11.7. The highest BCUT2D eigenvalue weighted by atomic mass is 16.2. The summed E-state index contributed by atoms with van der Waals surface area (Å²) in [6, 6.07) is 18.7. The van der Waals surface area contributed by atoms with Crippen molar-refractivity contribution in [3.8, 4) is 0 Å². The van der Waals surface area contributed by atoms with Gasteiger partial charge in [-0.25, -0.2) is 4.79 Å². The molecule has 8 heteroatoms. The molecule has 0 aliphatic carbocycles. The van der Waals surface area contributed by atoms with Crippen molar-refractivity contribution in [3.05, 3.63) is 89.3 Å². The van der Waals surface area contributed by atoms with Gasteiger partial charge < -0.3 is 31.9 Å². The van der Waals surface area contributed by atoms with Crippen molar-refractivity contribution in [2.45, 2.75) is 51.4 Å². The third kappa shape index (κ3) is 6.59. The van der Waals surface area contributed by atoms with Crippen LogP contribution in [0, 0.1) is 0 Å². The van der Waals surface area contributed by atoms with Crippen molar-refractivity contribution in [1.29, 1.82) is 0 Å². The van der Waals surface area contributed by atoms with Crippen LogP contribution in [-0.4, -0.2) is 42.1 Å². The first kappa shape index (κ1) is 25.2. The van der Waals surface area contributed by atoms with Gasteiger partial charge in [-0.3, -0.25) is 4.79 Å². The van der Waals surface area contributed by atoms with Crippen molar-refractivity contribution in [1.82, 2.24) is 20.9 Å². The van der Waals surface area contributed by atoms with Crippen LogP contribution in [0.3, 0.4) is 0 Å². The van der Waals surface area contributed by atoms with E-state index in [-0.39, 0.29) is 18.2 Å². The lowest BCUT2D eigenvalue weighted by Crippen LogP contribution is -2.46. The van der Waals surface area contributed by atoms with Crippen LogP contribution in [0.1, 0.15) is 43.7 Å². The minimum absolute atomic E-state index is 0.0298. The summed E-state index contributed by atoms with van der Waals surface area (Å²) in [6.45, 7) is 6.10. The number of nitrogens with one attached hydrogen (secondary N) is 4. The molecule has 6 N–H and O–H groups in total. The van der Waals surface area contributed by atoms with Gasteiger partial charge in [0.05, 0.1) is 5.57 Å². The van der Waals surface area contributed by atoms with E-state index in [4.69, 9.17) is 5.73 Å². The number of urea groups is 1. The van der Waals surface area contributed by atoms with Gasteiger partial charge in [0.25, 0.3) is 5.91 Å². The molecule has 2 aliphatic rings. The fourth-order valence-electron chi connectivity index (χ4n) is 4.58. The maximum absolute atomic E-state index is 12.2. The van der Waals surface area contributed by atoms with Crippen molar-refractivity contribution in [2.75, 3.05) is 18.4 Å². The first-order valence-electron chi connectivity index (χ1n) is 12.6. The van der Waals surface area contributed by atoms with Gasteiger partial charge in [-0.15, -0.1) is 0 Å². The zero-order chi connectivity index (χ0) is 25.5. The molecule has 36 heavy (non-hydrogen) atoms. The number of hydrogen-bond acceptors (Lipinski definition) is 5. The summed E-state index contributed by atoms with van der Waals surface area (Å²) >= 11 is 0. The monoisotopic (exact) mass is 488 g/mol. The second-order valence-electron chi connectivity index (χ2n) is 9.62. The Labute approximate surface area is 213 Å². The Kier molecular flexibility index (Phi) is 8.15. The third-order valence-corrected chi connectivity index (χ3v) is 6.52. The molecule has 2 aromatic carbocycles. The quantitative estimate of drug-likeness (QED) is 0.391. The van der Waals surface area contributed by atoms with E-state index in [2.05, 4.69) is 45.5 Å². The van der Waals surface area contributed by atoms with Crippen LogP contribution in [0.4, 0.5) is 10.5 Å². The van der Waals surface area contributed by atoms with E-state index in [9.17, 15) is 9.59 Å². The number of carbonyl (C=O) groups is 2. The van der Waals surface area contributed by atoms with Gasteiger partial charge in [-0.1, -0.05) is 42.5 Å². The number of piperidine rings is 1. The van der Waals surface area contributed by atoms with Gasteiger partial charge in [0, 0.05) is 43.3 Å². The number of anilines is 1. The molecule has 0 bridgehead atoms. The van der Waals surface area contributed by atoms with E-state index in [0.29, 0.717) is 23.7 Å².